The van der Waals surface area contributed by atoms with Crippen LogP contribution in [-0.4, -0.2) is 49.6 Å². The van der Waals surface area contributed by atoms with Gasteiger partial charge in [0, 0.05) is 12.6 Å². The Morgan fingerprint density at radius 1 is 1.38 bits per heavy atom. The third kappa shape index (κ3) is 3.49. The minimum Gasteiger partial charge on any atom is -0.306 e. The minimum absolute atomic E-state index is 0.787. The van der Waals surface area contributed by atoms with Gasteiger partial charge in [0.15, 0.2) is 0 Å². The van der Waals surface area contributed by atoms with Crippen LogP contribution in [0.1, 0.15) is 19.3 Å². The highest BCUT2D eigenvalue weighted by Gasteiger charge is 2.17. The molecule has 1 aliphatic rings. The van der Waals surface area contributed by atoms with Crippen molar-refractivity contribution in [3.63, 3.8) is 0 Å². The van der Waals surface area contributed by atoms with Crippen LogP contribution in [-0.2, 0) is 0 Å². The lowest BCUT2D eigenvalue weighted by atomic mass is 10.1. The molecule has 1 unspecified atom stereocenters. The predicted molar refractivity (Wildman–Crippen MR) is 58.0 cm³/mol. The standard InChI is InChI=1S/C11H22N2/c1-4-8-13-9-5-6-11(7-10-13)12(2)3/h4,11H,1,5-10H2,2-3H3. The lowest BCUT2D eigenvalue weighted by Crippen LogP contribution is -2.30. The van der Waals surface area contributed by atoms with Crippen LogP contribution in [0.4, 0.5) is 0 Å². The van der Waals surface area contributed by atoms with E-state index in [4.69, 9.17) is 0 Å². The number of likely N-dealkylation sites (tertiary alicyclic amines) is 1. The van der Waals surface area contributed by atoms with E-state index in [2.05, 4.69) is 30.5 Å². The van der Waals surface area contributed by atoms with Crippen molar-refractivity contribution in [2.45, 2.75) is 25.3 Å². The Balaban J connectivity index is 2.34. The molecular weight excluding hydrogens is 160 g/mol. The van der Waals surface area contributed by atoms with Crippen LogP contribution >= 0.6 is 0 Å². The van der Waals surface area contributed by atoms with Crippen LogP contribution in [0, 0.1) is 0 Å². The molecule has 2 heteroatoms. The highest BCUT2D eigenvalue weighted by atomic mass is 15.1. The van der Waals surface area contributed by atoms with Crippen molar-refractivity contribution in [3.05, 3.63) is 12.7 Å². The number of hydrogen-bond donors (Lipinski definition) is 0. The molecule has 1 heterocycles. The van der Waals surface area contributed by atoms with E-state index < -0.39 is 0 Å². The fraction of sp³-hybridized carbons (Fsp3) is 0.818. The molecule has 1 aliphatic heterocycles. The monoisotopic (exact) mass is 182 g/mol. The molecule has 76 valence electrons. The molecule has 0 amide bonds. The van der Waals surface area contributed by atoms with E-state index in [1.165, 1.54) is 32.4 Å². The van der Waals surface area contributed by atoms with Crippen molar-refractivity contribution in [1.82, 2.24) is 9.80 Å². The Labute approximate surface area is 82.2 Å². The van der Waals surface area contributed by atoms with Crippen molar-refractivity contribution >= 4 is 0 Å². The summed E-state index contributed by atoms with van der Waals surface area (Å²) in [5.74, 6) is 0. The predicted octanol–water partition coefficient (Wildman–Crippen LogP) is 1.59. The van der Waals surface area contributed by atoms with Crippen LogP contribution in [0.15, 0.2) is 12.7 Å². The molecule has 0 aromatic carbocycles. The fourth-order valence-corrected chi connectivity index (χ4v) is 2.02. The molecule has 1 atom stereocenters. The maximum Gasteiger partial charge on any atom is 0.0160 e. The molecule has 0 bridgehead atoms. The zero-order chi connectivity index (χ0) is 9.68. The largest absolute Gasteiger partial charge is 0.306 e. The molecule has 0 N–H and O–H groups in total. The minimum atomic E-state index is 0.787. The molecule has 0 saturated carbocycles. The van der Waals surface area contributed by atoms with E-state index in [0.717, 1.165) is 12.6 Å². The first-order valence-electron chi connectivity index (χ1n) is 5.23. The van der Waals surface area contributed by atoms with E-state index in [0.29, 0.717) is 0 Å². The Hall–Kier alpha value is -0.340. The van der Waals surface area contributed by atoms with Gasteiger partial charge in [-0.2, -0.15) is 0 Å². The van der Waals surface area contributed by atoms with E-state index in [1.54, 1.807) is 0 Å². The molecule has 0 aromatic heterocycles. The van der Waals surface area contributed by atoms with Gasteiger partial charge in [0.05, 0.1) is 0 Å². The third-order valence-corrected chi connectivity index (χ3v) is 2.91. The number of nitrogens with zero attached hydrogens (tertiary/aromatic N) is 2. The average molecular weight is 182 g/mol. The highest BCUT2D eigenvalue weighted by Crippen LogP contribution is 2.14. The van der Waals surface area contributed by atoms with Gasteiger partial charge in [-0.25, -0.2) is 0 Å². The summed E-state index contributed by atoms with van der Waals surface area (Å²) in [5.41, 5.74) is 0. The Kier molecular flexibility index (Phi) is 4.46. The summed E-state index contributed by atoms with van der Waals surface area (Å²) >= 11 is 0. The first-order valence-corrected chi connectivity index (χ1v) is 5.23. The van der Waals surface area contributed by atoms with Crippen molar-refractivity contribution < 1.29 is 0 Å². The van der Waals surface area contributed by atoms with E-state index in [9.17, 15) is 0 Å². The van der Waals surface area contributed by atoms with Crippen LogP contribution in [0.2, 0.25) is 0 Å². The molecule has 0 spiro atoms. The molecular formula is C11H22N2. The van der Waals surface area contributed by atoms with E-state index in [1.807, 2.05) is 6.08 Å². The van der Waals surface area contributed by atoms with Gasteiger partial charge in [0.2, 0.25) is 0 Å². The molecule has 13 heavy (non-hydrogen) atoms. The lowest BCUT2D eigenvalue weighted by molar-refractivity contribution is 0.257. The molecule has 0 aliphatic carbocycles. The van der Waals surface area contributed by atoms with Crippen LogP contribution < -0.4 is 0 Å². The Bertz CT molecular complexity index is 154. The van der Waals surface area contributed by atoms with Crippen LogP contribution in [0.3, 0.4) is 0 Å². The van der Waals surface area contributed by atoms with Crippen molar-refractivity contribution in [2.24, 2.45) is 0 Å². The summed E-state index contributed by atoms with van der Waals surface area (Å²) in [7, 11) is 4.38. The first kappa shape index (κ1) is 10.7. The maximum absolute atomic E-state index is 3.79. The second kappa shape index (κ2) is 5.40. The van der Waals surface area contributed by atoms with Crippen LogP contribution in [0.25, 0.3) is 0 Å². The van der Waals surface area contributed by atoms with Crippen molar-refractivity contribution in [2.75, 3.05) is 33.7 Å². The van der Waals surface area contributed by atoms with Gasteiger partial charge in [0.1, 0.15) is 0 Å². The first-order chi connectivity index (χ1) is 6.24. The van der Waals surface area contributed by atoms with Crippen LogP contribution in [0.5, 0.6) is 0 Å². The average Bonchev–Trinajstić information content (AvgIpc) is 2.30. The number of hydrogen-bond acceptors (Lipinski definition) is 2. The topological polar surface area (TPSA) is 6.48 Å². The molecule has 0 radical (unpaired) electrons. The maximum atomic E-state index is 3.79. The number of rotatable bonds is 3. The fourth-order valence-electron chi connectivity index (χ4n) is 2.02. The van der Waals surface area contributed by atoms with Gasteiger partial charge in [-0.1, -0.05) is 6.08 Å². The van der Waals surface area contributed by atoms with Gasteiger partial charge in [0.25, 0.3) is 0 Å². The zero-order valence-corrected chi connectivity index (χ0v) is 9.00. The smallest absolute Gasteiger partial charge is 0.0160 e. The normalized spacial score (nSPS) is 25.9. The molecule has 1 rings (SSSR count). The lowest BCUT2D eigenvalue weighted by Gasteiger charge is -2.22. The summed E-state index contributed by atoms with van der Waals surface area (Å²) < 4.78 is 0. The van der Waals surface area contributed by atoms with Gasteiger partial charge < -0.3 is 4.90 Å². The molecule has 2 nitrogen and oxygen atoms in total. The second-order valence-corrected chi connectivity index (χ2v) is 4.14. The van der Waals surface area contributed by atoms with Gasteiger partial charge in [-0.05, 0) is 46.4 Å². The van der Waals surface area contributed by atoms with Gasteiger partial charge in [-0.15, -0.1) is 6.58 Å². The quantitative estimate of drug-likeness (QED) is 0.612. The van der Waals surface area contributed by atoms with Gasteiger partial charge >= 0.3 is 0 Å². The molecule has 0 aromatic rings. The highest BCUT2D eigenvalue weighted by molar-refractivity contribution is 4.79. The summed E-state index contributed by atoms with van der Waals surface area (Å²) in [6, 6.07) is 0.787. The summed E-state index contributed by atoms with van der Waals surface area (Å²) in [5, 5.41) is 0. The second-order valence-electron chi connectivity index (χ2n) is 4.14. The summed E-state index contributed by atoms with van der Waals surface area (Å²) in [6.07, 6.45) is 5.99. The van der Waals surface area contributed by atoms with E-state index in [-0.39, 0.29) is 0 Å². The zero-order valence-electron chi connectivity index (χ0n) is 9.00. The van der Waals surface area contributed by atoms with Crippen molar-refractivity contribution in [3.8, 4) is 0 Å². The Morgan fingerprint density at radius 2 is 2.15 bits per heavy atom. The third-order valence-electron chi connectivity index (χ3n) is 2.91. The van der Waals surface area contributed by atoms with E-state index >= 15 is 0 Å². The molecule has 1 fully saturated rings. The Morgan fingerprint density at radius 3 is 2.77 bits per heavy atom. The van der Waals surface area contributed by atoms with Crippen molar-refractivity contribution in [1.29, 1.82) is 0 Å². The molecule has 1 saturated heterocycles. The van der Waals surface area contributed by atoms with Gasteiger partial charge in [-0.3, -0.25) is 4.90 Å². The summed E-state index contributed by atoms with van der Waals surface area (Å²) in [6.45, 7) is 7.32. The summed E-state index contributed by atoms with van der Waals surface area (Å²) in [4.78, 5) is 4.86. The SMILES string of the molecule is C=CCN1CCCC(N(C)C)CC1.